The molecule has 0 aliphatic rings. The second-order valence-corrected chi connectivity index (χ2v) is 6.13. The van der Waals surface area contributed by atoms with Crippen LogP contribution in [-0.2, 0) is 0 Å². The van der Waals surface area contributed by atoms with Gasteiger partial charge in [0.05, 0.1) is 0 Å². The zero-order valence-electron chi connectivity index (χ0n) is 11.8. The van der Waals surface area contributed by atoms with E-state index in [0.29, 0.717) is 0 Å². The molecule has 2 aromatic carbocycles. The monoisotopic (exact) mass is 328 g/mol. The molecule has 22 heavy (non-hydrogen) atoms. The van der Waals surface area contributed by atoms with E-state index in [-0.39, 0.29) is 0 Å². The summed E-state index contributed by atoms with van der Waals surface area (Å²) < 4.78 is 0. The highest BCUT2D eigenvalue weighted by Gasteiger charge is 2.09. The maximum absolute atomic E-state index is 5.91. The van der Waals surface area contributed by atoms with E-state index in [0.717, 1.165) is 31.8 Å². The minimum Gasteiger partial charge on any atom is -0.294 e. The number of rotatable bonds is 4. The number of aromatic nitrogens is 3. The van der Waals surface area contributed by atoms with Crippen molar-refractivity contribution in [1.82, 2.24) is 15.4 Å². The van der Waals surface area contributed by atoms with E-state index in [1.807, 2.05) is 36.4 Å². The molecule has 110 valence electrons. The highest BCUT2D eigenvalue weighted by molar-refractivity contribution is 7.99. The Morgan fingerprint density at radius 1 is 1.14 bits per heavy atom. The summed E-state index contributed by atoms with van der Waals surface area (Å²) in [6, 6.07) is 16.0. The molecule has 0 aliphatic heterocycles. The number of hydrogen-bond acceptors (Lipinski definition) is 4. The van der Waals surface area contributed by atoms with Crippen LogP contribution >= 0.6 is 23.4 Å². The molecule has 3 rings (SSSR count). The Labute approximate surface area is 137 Å². The van der Waals surface area contributed by atoms with Gasteiger partial charge >= 0.3 is 0 Å². The van der Waals surface area contributed by atoms with E-state index < -0.39 is 0 Å². The highest BCUT2D eigenvalue weighted by atomic mass is 35.5. The van der Waals surface area contributed by atoms with Gasteiger partial charge in [0.15, 0.2) is 0 Å². The lowest BCUT2D eigenvalue weighted by atomic mass is 10.1. The van der Waals surface area contributed by atoms with Gasteiger partial charge < -0.3 is 0 Å². The zero-order valence-corrected chi connectivity index (χ0v) is 13.4. The van der Waals surface area contributed by atoms with Crippen molar-refractivity contribution in [2.24, 2.45) is 4.99 Å². The van der Waals surface area contributed by atoms with E-state index in [9.17, 15) is 0 Å². The van der Waals surface area contributed by atoms with Crippen molar-refractivity contribution in [3.05, 3.63) is 59.2 Å². The molecular weight excluding hydrogens is 316 g/mol. The van der Waals surface area contributed by atoms with Gasteiger partial charge in [-0.25, -0.2) is 0 Å². The summed E-state index contributed by atoms with van der Waals surface area (Å²) >= 11 is 7.59. The van der Waals surface area contributed by atoms with Crippen molar-refractivity contribution in [2.45, 2.75) is 9.79 Å². The van der Waals surface area contributed by atoms with Crippen molar-refractivity contribution in [1.29, 1.82) is 0 Å². The lowest BCUT2D eigenvalue weighted by molar-refractivity contribution is 0.939. The van der Waals surface area contributed by atoms with Gasteiger partial charge in [0.2, 0.25) is 0 Å². The minimum atomic E-state index is 0.740. The van der Waals surface area contributed by atoms with Gasteiger partial charge in [0.1, 0.15) is 11.4 Å². The minimum absolute atomic E-state index is 0.740. The number of aromatic amines is 1. The van der Waals surface area contributed by atoms with Crippen molar-refractivity contribution >= 4 is 29.6 Å². The van der Waals surface area contributed by atoms with Crippen LogP contribution < -0.4 is 0 Å². The maximum Gasteiger partial charge on any atom is 0.121 e. The SMILES string of the molecule is C/N=C/c1[nH]nnc1-c1cccc(Sc2ccc(Cl)cc2)c1. The number of hydrogen-bond donors (Lipinski definition) is 1. The summed E-state index contributed by atoms with van der Waals surface area (Å²) in [5.74, 6) is 0. The normalized spacial score (nSPS) is 11.2. The van der Waals surface area contributed by atoms with Crippen LogP contribution in [0.5, 0.6) is 0 Å². The molecular formula is C16H13ClN4S. The third kappa shape index (κ3) is 3.37. The predicted octanol–water partition coefficient (Wildman–Crippen LogP) is 4.33. The molecule has 0 atom stereocenters. The molecule has 1 heterocycles. The van der Waals surface area contributed by atoms with Crippen LogP contribution in [0.1, 0.15) is 5.69 Å². The first-order valence-corrected chi connectivity index (χ1v) is 7.83. The standard InChI is InChI=1S/C16H13ClN4S/c1-18-10-15-16(20-21-19-15)11-3-2-4-14(9-11)22-13-7-5-12(17)6-8-13/h2-10H,1H3,(H,19,20,21)/b18-10+. The lowest BCUT2D eigenvalue weighted by Crippen LogP contribution is -1.87. The number of halogens is 1. The van der Waals surface area contributed by atoms with Crippen molar-refractivity contribution in [3.8, 4) is 11.3 Å². The largest absolute Gasteiger partial charge is 0.294 e. The molecule has 6 heteroatoms. The summed E-state index contributed by atoms with van der Waals surface area (Å²) in [6.45, 7) is 0. The number of benzene rings is 2. The van der Waals surface area contributed by atoms with E-state index in [2.05, 4.69) is 32.5 Å². The summed E-state index contributed by atoms with van der Waals surface area (Å²) in [5, 5.41) is 11.6. The van der Waals surface area contributed by atoms with Crippen LogP contribution in [0.2, 0.25) is 5.02 Å². The third-order valence-corrected chi connectivity index (χ3v) is 4.24. The van der Waals surface area contributed by atoms with E-state index >= 15 is 0 Å². The summed E-state index contributed by atoms with van der Waals surface area (Å²) in [7, 11) is 1.72. The van der Waals surface area contributed by atoms with Gasteiger partial charge in [-0.2, -0.15) is 0 Å². The fourth-order valence-electron chi connectivity index (χ4n) is 2.01. The number of aliphatic imine (C=N–C) groups is 1. The summed E-state index contributed by atoms with van der Waals surface area (Å²) in [4.78, 5) is 6.27. The first-order chi connectivity index (χ1) is 10.8. The van der Waals surface area contributed by atoms with Gasteiger partial charge in [-0.1, -0.05) is 40.7 Å². The van der Waals surface area contributed by atoms with Crippen LogP contribution in [0.3, 0.4) is 0 Å². The summed E-state index contributed by atoms with van der Waals surface area (Å²) in [5.41, 5.74) is 2.60. The smallest absolute Gasteiger partial charge is 0.121 e. The van der Waals surface area contributed by atoms with Crippen molar-refractivity contribution < 1.29 is 0 Å². The average Bonchev–Trinajstić information content (AvgIpc) is 2.99. The van der Waals surface area contributed by atoms with E-state index in [1.165, 1.54) is 0 Å². The topological polar surface area (TPSA) is 53.9 Å². The van der Waals surface area contributed by atoms with Gasteiger partial charge in [0.25, 0.3) is 0 Å². The Kier molecular flexibility index (Phi) is 4.56. The molecule has 0 spiro atoms. The Balaban J connectivity index is 1.89. The molecule has 1 aromatic heterocycles. The maximum atomic E-state index is 5.91. The molecule has 3 aromatic rings. The molecule has 0 radical (unpaired) electrons. The van der Waals surface area contributed by atoms with E-state index in [1.54, 1.807) is 25.0 Å². The first kappa shape index (κ1) is 14.8. The van der Waals surface area contributed by atoms with Gasteiger partial charge in [-0.05, 0) is 36.4 Å². The molecule has 0 bridgehead atoms. The zero-order chi connectivity index (χ0) is 15.4. The van der Waals surface area contributed by atoms with Gasteiger partial charge in [-0.3, -0.25) is 10.1 Å². The Morgan fingerprint density at radius 2 is 1.95 bits per heavy atom. The van der Waals surface area contributed by atoms with Gasteiger partial charge in [-0.15, -0.1) is 5.10 Å². The second-order valence-electron chi connectivity index (χ2n) is 4.55. The second kappa shape index (κ2) is 6.77. The predicted molar refractivity (Wildman–Crippen MR) is 90.9 cm³/mol. The molecule has 0 amide bonds. The Hall–Kier alpha value is -2.11. The van der Waals surface area contributed by atoms with Gasteiger partial charge in [0, 0.05) is 33.6 Å². The number of nitrogens with zero attached hydrogens (tertiary/aromatic N) is 3. The molecule has 0 saturated carbocycles. The number of H-pyrrole nitrogens is 1. The Morgan fingerprint density at radius 3 is 2.73 bits per heavy atom. The first-order valence-electron chi connectivity index (χ1n) is 6.63. The molecule has 0 aliphatic carbocycles. The molecule has 1 N–H and O–H groups in total. The fourth-order valence-corrected chi connectivity index (χ4v) is 3.02. The quantitative estimate of drug-likeness (QED) is 0.725. The highest BCUT2D eigenvalue weighted by Crippen LogP contribution is 2.31. The molecule has 0 fully saturated rings. The van der Waals surface area contributed by atoms with Crippen LogP contribution in [0.4, 0.5) is 0 Å². The van der Waals surface area contributed by atoms with Crippen LogP contribution in [0.15, 0.2) is 63.3 Å². The van der Waals surface area contributed by atoms with E-state index in [4.69, 9.17) is 11.6 Å². The lowest BCUT2D eigenvalue weighted by Gasteiger charge is -2.04. The van der Waals surface area contributed by atoms with Crippen molar-refractivity contribution in [2.75, 3.05) is 7.05 Å². The molecule has 0 saturated heterocycles. The average molecular weight is 329 g/mol. The molecule has 0 unspecified atom stereocenters. The van der Waals surface area contributed by atoms with Crippen LogP contribution in [0.25, 0.3) is 11.3 Å². The third-order valence-electron chi connectivity index (χ3n) is 2.99. The number of nitrogens with one attached hydrogen (secondary N) is 1. The summed E-state index contributed by atoms with van der Waals surface area (Å²) in [6.07, 6.45) is 1.72. The Bertz CT molecular complexity index is 796. The van der Waals surface area contributed by atoms with Crippen molar-refractivity contribution in [3.63, 3.8) is 0 Å². The fraction of sp³-hybridized carbons (Fsp3) is 0.0625. The molecule has 4 nitrogen and oxygen atoms in total. The van der Waals surface area contributed by atoms with Crippen LogP contribution in [-0.4, -0.2) is 28.7 Å². The van der Waals surface area contributed by atoms with Crippen LogP contribution in [0, 0.1) is 0 Å².